The Hall–Kier alpha value is -4.07. The number of hydrogen-bond donors (Lipinski definition) is 3. The van der Waals surface area contributed by atoms with Crippen LogP contribution in [0.2, 0.25) is 0 Å². The first kappa shape index (κ1) is 22.2. The molecule has 2 aliphatic rings. The SMILES string of the molecule is Cn1cc(-c2cn3nc4c(c3s2)C(O)Nc2cc(NC(=O)CN3CCc5cnn(C)c5C3)cnc2-4)cn1. The van der Waals surface area contributed by atoms with Crippen molar-refractivity contribution in [1.82, 2.24) is 39.1 Å². The minimum atomic E-state index is -0.949. The molecule has 1 atom stereocenters. The summed E-state index contributed by atoms with van der Waals surface area (Å²) in [5.74, 6) is -0.116. The van der Waals surface area contributed by atoms with Gasteiger partial charge in [-0.15, -0.1) is 11.3 Å². The summed E-state index contributed by atoms with van der Waals surface area (Å²) in [6.45, 7) is 1.78. The lowest BCUT2D eigenvalue weighted by atomic mass is 10.1. The second kappa shape index (κ2) is 8.23. The van der Waals surface area contributed by atoms with E-state index < -0.39 is 6.23 Å². The second-order valence-corrected chi connectivity index (χ2v) is 10.5. The van der Waals surface area contributed by atoms with Gasteiger partial charge in [-0.1, -0.05) is 0 Å². The topological polar surface area (TPSA) is 130 Å². The van der Waals surface area contributed by atoms with Crippen molar-refractivity contribution in [2.24, 2.45) is 14.1 Å². The monoisotopic (exact) mass is 516 g/mol. The van der Waals surface area contributed by atoms with Crippen LogP contribution in [0.5, 0.6) is 0 Å². The van der Waals surface area contributed by atoms with Gasteiger partial charge in [-0.05, 0) is 18.1 Å². The number of aryl methyl sites for hydroxylation is 2. The Kier molecular flexibility index (Phi) is 4.93. The highest BCUT2D eigenvalue weighted by molar-refractivity contribution is 7.20. The number of thiazole rings is 1. The predicted octanol–water partition coefficient (Wildman–Crippen LogP) is 2.00. The Morgan fingerprint density at radius 1 is 1.22 bits per heavy atom. The Morgan fingerprint density at radius 3 is 2.95 bits per heavy atom. The van der Waals surface area contributed by atoms with Crippen LogP contribution in [0.25, 0.3) is 26.7 Å². The standard InChI is InChI=1S/C24H24N10O2S/c1-31-9-14(7-26-31)18-11-34-24(37-18)20-22(30-34)21-16(29-23(20)36)5-15(8-25-21)28-19(35)12-33-4-3-13-6-27-32(2)17(13)10-33/h5-9,11,23,29,36H,3-4,10,12H2,1-2H3,(H,28,35). The van der Waals surface area contributed by atoms with E-state index in [1.54, 1.807) is 39.0 Å². The fourth-order valence-electron chi connectivity index (χ4n) is 5.05. The molecule has 0 spiro atoms. The highest BCUT2D eigenvalue weighted by atomic mass is 32.1. The molecule has 1 amide bonds. The fourth-order valence-corrected chi connectivity index (χ4v) is 6.14. The van der Waals surface area contributed by atoms with Crippen molar-refractivity contribution in [3.05, 3.63) is 53.9 Å². The third-order valence-electron chi connectivity index (χ3n) is 6.88. The molecule has 3 N–H and O–H groups in total. The van der Waals surface area contributed by atoms with Crippen molar-refractivity contribution in [3.8, 4) is 21.8 Å². The first-order valence-corrected chi connectivity index (χ1v) is 12.7. The van der Waals surface area contributed by atoms with Crippen LogP contribution < -0.4 is 10.6 Å². The maximum atomic E-state index is 12.8. The summed E-state index contributed by atoms with van der Waals surface area (Å²) in [5, 5.41) is 30.3. The highest BCUT2D eigenvalue weighted by Gasteiger charge is 2.31. The lowest BCUT2D eigenvalue weighted by Gasteiger charge is -2.26. The molecule has 5 aromatic rings. The molecule has 0 radical (unpaired) electrons. The number of fused-ring (bicyclic) bond motifs is 6. The molecule has 5 aromatic heterocycles. The van der Waals surface area contributed by atoms with E-state index in [2.05, 4.69) is 30.7 Å². The van der Waals surface area contributed by atoms with Crippen molar-refractivity contribution in [1.29, 1.82) is 0 Å². The van der Waals surface area contributed by atoms with Gasteiger partial charge in [0, 0.05) is 45.1 Å². The predicted molar refractivity (Wildman–Crippen MR) is 138 cm³/mol. The summed E-state index contributed by atoms with van der Waals surface area (Å²) < 4.78 is 5.41. The van der Waals surface area contributed by atoms with Crippen LogP contribution >= 0.6 is 11.3 Å². The normalized spacial score (nSPS) is 16.8. The summed E-state index contributed by atoms with van der Waals surface area (Å²) in [5.41, 5.74) is 6.52. The van der Waals surface area contributed by atoms with Crippen molar-refractivity contribution in [2.75, 3.05) is 23.7 Å². The number of rotatable bonds is 4. The second-order valence-electron chi connectivity index (χ2n) is 9.43. The number of hydrogen-bond acceptors (Lipinski definition) is 9. The van der Waals surface area contributed by atoms with Gasteiger partial charge < -0.3 is 15.7 Å². The largest absolute Gasteiger partial charge is 0.369 e. The van der Waals surface area contributed by atoms with Gasteiger partial charge in [0.2, 0.25) is 5.91 Å². The molecule has 7 rings (SSSR count). The van der Waals surface area contributed by atoms with Crippen LogP contribution in [0.4, 0.5) is 11.4 Å². The summed E-state index contributed by atoms with van der Waals surface area (Å²) >= 11 is 1.54. The Labute approximate surface area is 215 Å². The molecule has 0 aromatic carbocycles. The van der Waals surface area contributed by atoms with Crippen LogP contribution in [0.15, 0.2) is 37.1 Å². The summed E-state index contributed by atoms with van der Waals surface area (Å²) in [7, 11) is 3.80. The van der Waals surface area contributed by atoms with Crippen LogP contribution in [-0.4, -0.2) is 63.2 Å². The number of carbonyl (C=O) groups is 1. The molecule has 188 valence electrons. The Balaban J connectivity index is 1.11. The Morgan fingerprint density at radius 2 is 2.11 bits per heavy atom. The number of amides is 1. The molecule has 7 heterocycles. The lowest BCUT2D eigenvalue weighted by molar-refractivity contribution is -0.117. The average molecular weight is 517 g/mol. The maximum absolute atomic E-state index is 12.8. The van der Waals surface area contributed by atoms with E-state index in [0.717, 1.165) is 33.9 Å². The summed E-state index contributed by atoms with van der Waals surface area (Å²) in [4.78, 5) is 21.3. The highest BCUT2D eigenvalue weighted by Crippen LogP contribution is 2.43. The first-order valence-electron chi connectivity index (χ1n) is 11.9. The van der Waals surface area contributed by atoms with Crippen molar-refractivity contribution in [3.63, 3.8) is 0 Å². The van der Waals surface area contributed by atoms with Gasteiger partial charge in [0.1, 0.15) is 16.2 Å². The molecule has 13 heteroatoms. The third kappa shape index (κ3) is 3.70. The van der Waals surface area contributed by atoms with Crippen LogP contribution in [0.3, 0.4) is 0 Å². The summed E-state index contributed by atoms with van der Waals surface area (Å²) in [6.07, 6.45) is 9.15. The van der Waals surface area contributed by atoms with Gasteiger partial charge in [-0.3, -0.25) is 24.0 Å². The number of aromatic nitrogens is 7. The van der Waals surface area contributed by atoms with Gasteiger partial charge in [-0.2, -0.15) is 15.3 Å². The van der Waals surface area contributed by atoms with Gasteiger partial charge in [0.15, 0.2) is 6.23 Å². The molecule has 0 fully saturated rings. The molecule has 2 aliphatic heterocycles. The zero-order chi connectivity index (χ0) is 25.3. The number of aliphatic hydroxyl groups excluding tert-OH is 1. The molecule has 0 saturated heterocycles. The number of pyridine rings is 1. The quantitative estimate of drug-likeness (QED) is 0.331. The number of nitrogens with one attached hydrogen (secondary N) is 2. The number of anilines is 2. The van der Waals surface area contributed by atoms with E-state index in [4.69, 9.17) is 5.10 Å². The lowest BCUT2D eigenvalue weighted by Crippen LogP contribution is -2.37. The third-order valence-corrected chi connectivity index (χ3v) is 8.05. The number of nitrogens with zero attached hydrogens (tertiary/aromatic N) is 8. The first-order chi connectivity index (χ1) is 17.9. The minimum absolute atomic E-state index is 0.116. The molecule has 12 nitrogen and oxygen atoms in total. The molecule has 0 bridgehead atoms. The smallest absolute Gasteiger partial charge is 0.238 e. The van der Waals surface area contributed by atoms with E-state index in [1.165, 1.54) is 5.56 Å². The van der Waals surface area contributed by atoms with Crippen LogP contribution in [0, 0.1) is 0 Å². The molecule has 0 saturated carbocycles. The molecular weight excluding hydrogens is 492 g/mol. The van der Waals surface area contributed by atoms with E-state index >= 15 is 0 Å². The van der Waals surface area contributed by atoms with Crippen molar-refractivity contribution in [2.45, 2.75) is 19.2 Å². The fraction of sp³-hybridized carbons (Fsp3) is 0.292. The summed E-state index contributed by atoms with van der Waals surface area (Å²) in [6, 6.07) is 1.79. The zero-order valence-electron chi connectivity index (χ0n) is 20.2. The van der Waals surface area contributed by atoms with Gasteiger partial charge in [0.05, 0.1) is 52.6 Å². The maximum Gasteiger partial charge on any atom is 0.238 e. The number of carbonyl (C=O) groups excluding carboxylic acids is 1. The van der Waals surface area contributed by atoms with Crippen LogP contribution in [-0.2, 0) is 31.9 Å². The van der Waals surface area contributed by atoms with E-state index in [1.807, 2.05) is 37.4 Å². The van der Waals surface area contributed by atoms with E-state index in [-0.39, 0.29) is 12.5 Å². The molecular formula is C24H24N10O2S. The molecule has 37 heavy (non-hydrogen) atoms. The van der Waals surface area contributed by atoms with Crippen molar-refractivity contribution < 1.29 is 9.90 Å². The van der Waals surface area contributed by atoms with E-state index in [0.29, 0.717) is 34.9 Å². The van der Waals surface area contributed by atoms with Crippen molar-refractivity contribution >= 4 is 33.4 Å². The van der Waals surface area contributed by atoms with Crippen LogP contribution in [0.1, 0.15) is 23.0 Å². The number of aliphatic hydroxyl groups is 1. The average Bonchev–Trinajstić information content (AvgIpc) is 3.63. The van der Waals surface area contributed by atoms with E-state index in [9.17, 15) is 9.90 Å². The zero-order valence-corrected chi connectivity index (χ0v) is 21.0. The Bertz CT molecular complexity index is 1680. The van der Waals surface area contributed by atoms with Gasteiger partial charge in [-0.25, -0.2) is 4.52 Å². The molecule has 1 unspecified atom stereocenters. The minimum Gasteiger partial charge on any atom is -0.369 e. The van der Waals surface area contributed by atoms with Gasteiger partial charge in [0.25, 0.3) is 0 Å². The van der Waals surface area contributed by atoms with Gasteiger partial charge >= 0.3 is 0 Å². The molecule has 0 aliphatic carbocycles.